The van der Waals surface area contributed by atoms with E-state index in [0.717, 1.165) is 6.42 Å². The first-order chi connectivity index (χ1) is 6.86. The van der Waals surface area contributed by atoms with Crippen LogP contribution in [-0.2, 0) is 14.8 Å². The summed E-state index contributed by atoms with van der Waals surface area (Å²) in [5.74, 6) is -1.48. The summed E-state index contributed by atoms with van der Waals surface area (Å²) in [7, 11) is -3.23. The van der Waals surface area contributed by atoms with Gasteiger partial charge in [0.2, 0.25) is 10.0 Å². The van der Waals surface area contributed by atoms with Crippen molar-refractivity contribution in [2.75, 3.05) is 12.3 Å². The maximum absolute atomic E-state index is 11.7. The van der Waals surface area contributed by atoms with Crippen molar-refractivity contribution in [2.24, 2.45) is 5.92 Å². The van der Waals surface area contributed by atoms with Gasteiger partial charge in [0.05, 0.1) is 11.7 Å². The lowest BCUT2D eigenvalue weighted by atomic mass is 10.0. The predicted octanol–water partition coefficient (Wildman–Crippen LogP) is 0.521. The normalized spacial score (nSPS) is 25.7. The Hall–Kier alpha value is -0.620. The highest BCUT2D eigenvalue weighted by atomic mass is 32.2. The Kier molecular flexibility index (Phi) is 3.72. The minimum Gasteiger partial charge on any atom is -0.481 e. The summed E-state index contributed by atoms with van der Waals surface area (Å²) in [6.45, 7) is 3.64. The smallest absolute Gasteiger partial charge is 0.307 e. The topological polar surface area (TPSA) is 74.7 Å². The molecule has 5 nitrogen and oxygen atoms in total. The molecule has 1 saturated heterocycles. The number of hydrogen-bond donors (Lipinski definition) is 1. The molecule has 2 unspecified atom stereocenters. The molecule has 0 aromatic carbocycles. The molecule has 0 radical (unpaired) electrons. The first-order valence-corrected chi connectivity index (χ1v) is 6.69. The third-order valence-electron chi connectivity index (χ3n) is 2.96. The van der Waals surface area contributed by atoms with Crippen molar-refractivity contribution < 1.29 is 18.3 Å². The molecule has 0 amide bonds. The number of carboxylic acid groups (broad SMARTS) is 1. The Balaban J connectivity index is 2.82. The summed E-state index contributed by atoms with van der Waals surface area (Å²) in [6, 6.07) is -0.465. The second-order valence-electron chi connectivity index (χ2n) is 4.00. The van der Waals surface area contributed by atoms with Crippen molar-refractivity contribution in [3.63, 3.8) is 0 Å². The van der Waals surface area contributed by atoms with Gasteiger partial charge in [0, 0.05) is 12.6 Å². The minimum atomic E-state index is -3.23. The van der Waals surface area contributed by atoms with E-state index in [9.17, 15) is 13.2 Å². The summed E-state index contributed by atoms with van der Waals surface area (Å²) in [5, 5.41) is 8.83. The Bertz CT molecular complexity index is 338. The van der Waals surface area contributed by atoms with Crippen LogP contribution in [0.1, 0.15) is 26.7 Å². The Morgan fingerprint density at radius 1 is 1.33 bits per heavy atom. The van der Waals surface area contributed by atoms with Crippen LogP contribution in [0.4, 0.5) is 0 Å². The van der Waals surface area contributed by atoms with Crippen LogP contribution in [0.25, 0.3) is 0 Å². The Labute approximate surface area is 90.1 Å². The van der Waals surface area contributed by atoms with E-state index in [1.807, 2.05) is 0 Å². The zero-order chi connectivity index (χ0) is 11.6. The summed E-state index contributed by atoms with van der Waals surface area (Å²) >= 11 is 0. The third-order valence-corrected chi connectivity index (χ3v) is 4.99. The SMILES string of the molecule is CC(C(=O)O)C(C)N1CCCCS1(=O)=O. The largest absolute Gasteiger partial charge is 0.481 e. The molecule has 0 saturated carbocycles. The van der Waals surface area contributed by atoms with Crippen LogP contribution in [-0.4, -0.2) is 42.1 Å². The Morgan fingerprint density at radius 2 is 1.93 bits per heavy atom. The van der Waals surface area contributed by atoms with Crippen LogP contribution in [0.5, 0.6) is 0 Å². The van der Waals surface area contributed by atoms with E-state index in [1.54, 1.807) is 6.92 Å². The van der Waals surface area contributed by atoms with Gasteiger partial charge in [-0.3, -0.25) is 4.79 Å². The minimum absolute atomic E-state index is 0.143. The molecule has 0 aliphatic carbocycles. The van der Waals surface area contributed by atoms with Crippen molar-refractivity contribution in [3.8, 4) is 0 Å². The van der Waals surface area contributed by atoms with Gasteiger partial charge in [0.1, 0.15) is 0 Å². The van der Waals surface area contributed by atoms with E-state index in [2.05, 4.69) is 0 Å². The molecule has 0 aromatic rings. The van der Waals surface area contributed by atoms with Crippen molar-refractivity contribution in [1.82, 2.24) is 4.31 Å². The molecule has 1 fully saturated rings. The number of aliphatic carboxylic acids is 1. The van der Waals surface area contributed by atoms with Gasteiger partial charge < -0.3 is 5.11 Å². The molecule has 0 spiro atoms. The van der Waals surface area contributed by atoms with E-state index in [1.165, 1.54) is 11.2 Å². The molecular weight excluding hydrogens is 218 g/mol. The summed E-state index contributed by atoms with van der Waals surface area (Å²) in [6.07, 6.45) is 1.49. The van der Waals surface area contributed by atoms with Crippen LogP contribution in [0.3, 0.4) is 0 Å². The number of hydrogen-bond acceptors (Lipinski definition) is 3. The molecule has 2 atom stereocenters. The van der Waals surface area contributed by atoms with Gasteiger partial charge in [-0.15, -0.1) is 0 Å². The molecule has 0 aromatic heterocycles. The fourth-order valence-corrected chi connectivity index (χ4v) is 3.62. The van der Waals surface area contributed by atoms with Gasteiger partial charge in [-0.05, 0) is 19.8 Å². The lowest BCUT2D eigenvalue weighted by molar-refractivity contribution is -0.142. The zero-order valence-electron chi connectivity index (χ0n) is 9.01. The van der Waals surface area contributed by atoms with Crippen molar-refractivity contribution >= 4 is 16.0 Å². The maximum atomic E-state index is 11.7. The van der Waals surface area contributed by atoms with Crippen molar-refractivity contribution in [2.45, 2.75) is 32.7 Å². The van der Waals surface area contributed by atoms with Gasteiger partial charge in [-0.25, -0.2) is 8.42 Å². The van der Waals surface area contributed by atoms with E-state index in [0.29, 0.717) is 13.0 Å². The number of nitrogens with zero attached hydrogens (tertiary/aromatic N) is 1. The summed E-state index contributed by atoms with van der Waals surface area (Å²) in [4.78, 5) is 10.8. The van der Waals surface area contributed by atoms with Gasteiger partial charge >= 0.3 is 5.97 Å². The van der Waals surface area contributed by atoms with Gasteiger partial charge in [-0.2, -0.15) is 4.31 Å². The van der Waals surface area contributed by atoms with E-state index in [4.69, 9.17) is 5.11 Å². The highest BCUT2D eigenvalue weighted by molar-refractivity contribution is 7.89. The third kappa shape index (κ3) is 2.69. The van der Waals surface area contributed by atoms with Crippen LogP contribution in [0, 0.1) is 5.92 Å². The van der Waals surface area contributed by atoms with Crippen LogP contribution < -0.4 is 0 Å². The van der Waals surface area contributed by atoms with Crippen LogP contribution in [0.15, 0.2) is 0 Å². The molecule has 1 heterocycles. The standard InChI is InChI=1S/C9H17NO4S/c1-7(9(11)12)8(2)10-5-3-4-6-15(10,13)14/h7-8H,3-6H2,1-2H3,(H,11,12). The molecule has 1 aliphatic heterocycles. The lowest BCUT2D eigenvalue weighted by Crippen LogP contribution is -2.47. The second kappa shape index (κ2) is 4.49. The first kappa shape index (κ1) is 12.4. The van der Waals surface area contributed by atoms with Crippen molar-refractivity contribution in [3.05, 3.63) is 0 Å². The monoisotopic (exact) mass is 235 g/mol. The zero-order valence-corrected chi connectivity index (χ0v) is 9.83. The quantitative estimate of drug-likeness (QED) is 0.774. The fourth-order valence-electron chi connectivity index (χ4n) is 1.72. The molecule has 6 heteroatoms. The summed E-state index contributed by atoms with van der Waals surface area (Å²) in [5.41, 5.74) is 0. The number of carbonyl (C=O) groups is 1. The number of sulfonamides is 1. The van der Waals surface area contributed by atoms with Gasteiger partial charge in [0.15, 0.2) is 0 Å². The lowest BCUT2D eigenvalue weighted by Gasteiger charge is -2.33. The van der Waals surface area contributed by atoms with Crippen LogP contribution in [0.2, 0.25) is 0 Å². The molecular formula is C9H17NO4S. The molecule has 15 heavy (non-hydrogen) atoms. The molecule has 88 valence electrons. The van der Waals surface area contributed by atoms with Crippen molar-refractivity contribution in [1.29, 1.82) is 0 Å². The average Bonchev–Trinajstić information content (AvgIpc) is 2.15. The number of carboxylic acids is 1. The molecule has 1 N–H and O–H groups in total. The Morgan fingerprint density at radius 3 is 2.40 bits per heavy atom. The van der Waals surface area contributed by atoms with E-state index in [-0.39, 0.29) is 5.75 Å². The molecule has 1 aliphatic rings. The molecule has 1 rings (SSSR count). The van der Waals surface area contributed by atoms with E-state index >= 15 is 0 Å². The average molecular weight is 235 g/mol. The fraction of sp³-hybridized carbons (Fsp3) is 0.889. The van der Waals surface area contributed by atoms with E-state index < -0.39 is 28.0 Å². The van der Waals surface area contributed by atoms with Crippen LogP contribution >= 0.6 is 0 Å². The van der Waals surface area contributed by atoms with Gasteiger partial charge in [-0.1, -0.05) is 6.92 Å². The first-order valence-electron chi connectivity index (χ1n) is 5.08. The highest BCUT2D eigenvalue weighted by Gasteiger charge is 2.34. The number of rotatable bonds is 3. The maximum Gasteiger partial charge on any atom is 0.307 e. The second-order valence-corrected chi connectivity index (χ2v) is 6.04. The summed E-state index contributed by atoms with van der Waals surface area (Å²) < 4.78 is 24.7. The predicted molar refractivity (Wildman–Crippen MR) is 56.0 cm³/mol. The van der Waals surface area contributed by atoms with Gasteiger partial charge in [0.25, 0.3) is 0 Å². The molecule has 0 bridgehead atoms. The highest BCUT2D eigenvalue weighted by Crippen LogP contribution is 2.21.